The lowest BCUT2D eigenvalue weighted by molar-refractivity contribution is 0.101. The number of hydrogen-bond donors (Lipinski definition) is 3. The molecular formula is C17H22N2O2. The van der Waals surface area contributed by atoms with Gasteiger partial charge in [-0.1, -0.05) is 24.6 Å². The van der Waals surface area contributed by atoms with Crippen LogP contribution >= 0.6 is 0 Å². The molecule has 1 saturated carbocycles. The molecule has 1 aliphatic rings. The van der Waals surface area contributed by atoms with Crippen molar-refractivity contribution < 1.29 is 5.11 Å². The highest BCUT2D eigenvalue weighted by molar-refractivity contribution is 5.78. The first-order valence-electron chi connectivity index (χ1n) is 7.72. The highest BCUT2D eigenvalue weighted by atomic mass is 16.3. The summed E-state index contributed by atoms with van der Waals surface area (Å²) in [6, 6.07) is 9.77. The molecule has 0 bridgehead atoms. The van der Waals surface area contributed by atoms with Crippen LogP contribution in [0.2, 0.25) is 0 Å². The molecule has 0 saturated heterocycles. The summed E-state index contributed by atoms with van der Waals surface area (Å²) in [5.41, 5.74) is 1.62. The molecule has 2 unspecified atom stereocenters. The number of nitrogens with one attached hydrogen (secondary N) is 2. The number of hydrogen-bond acceptors (Lipinski definition) is 3. The van der Waals surface area contributed by atoms with Gasteiger partial charge in [0.2, 0.25) is 0 Å². The number of aromatic amines is 1. The van der Waals surface area contributed by atoms with Gasteiger partial charge in [0.25, 0.3) is 5.56 Å². The van der Waals surface area contributed by atoms with Gasteiger partial charge in [0.05, 0.1) is 6.10 Å². The van der Waals surface area contributed by atoms with Crippen molar-refractivity contribution in [2.24, 2.45) is 5.92 Å². The quantitative estimate of drug-likeness (QED) is 0.807. The lowest BCUT2D eigenvalue weighted by Crippen LogP contribution is -2.30. The zero-order valence-corrected chi connectivity index (χ0v) is 12.1. The third-order valence-corrected chi connectivity index (χ3v) is 4.33. The molecule has 2 aromatic rings. The first-order chi connectivity index (χ1) is 10.2. The smallest absolute Gasteiger partial charge is 0.252 e. The molecule has 1 heterocycles. The Labute approximate surface area is 124 Å². The van der Waals surface area contributed by atoms with Crippen LogP contribution < -0.4 is 10.9 Å². The second-order valence-corrected chi connectivity index (χ2v) is 6.03. The molecule has 1 aromatic carbocycles. The van der Waals surface area contributed by atoms with E-state index in [1.165, 1.54) is 0 Å². The molecule has 3 rings (SSSR count). The van der Waals surface area contributed by atoms with Gasteiger partial charge in [-0.25, -0.2) is 0 Å². The van der Waals surface area contributed by atoms with Crippen molar-refractivity contribution in [3.63, 3.8) is 0 Å². The van der Waals surface area contributed by atoms with E-state index in [1.54, 1.807) is 0 Å². The van der Waals surface area contributed by atoms with Crippen molar-refractivity contribution >= 4 is 10.9 Å². The average molecular weight is 286 g/mol. The van der Waals surface area contributed by atoms with Crippen LogP contribution in [0.4, 0.5) is 0 Å². The number of aliphatic hydroxyl groups is 1. The third kappa shape index (κ3) is 3.52. The second kappa shape index (κ2) is 6.41. The van der Waals surface area contributed by atoms with Crippen molar-refractivity contribution in [3.8, 4) is 0 Å². The van der Waals surface area contributed by atoms with E-state index in [1.807, 2.05) is 30.3 Å². The molecule has 4 heteroatoms. The predicted molar refractivity (Wildman–Crippen MR) is 84.2 cm³/mol. The first kappa shape index (κ1) is 14.3. The molecule has 2 atom stereocenters. The van der Waals surface area contributed by atoms with Gasteiger partial charge in [-0.05, 0) is 49.2 Å². The Bertz CT molecular complexity index is 665. The minimum atomic E-state index is -0.144. The molecular weight excluding hydrogens is 264 g/mol. The van der Waals surface area contributed by atoms with E-state index in [9.17, 15) is 9.90 Å². The van der Waals surface area contributed by atoms with Crippen LogP contribution in [0.3, 0.4) is 0 Å². The number of aliphatic hydroxyl groups excluding tert-OH is 1. The summed E-state index contributed by atoms with van der Waals surface area (Å²) in [6.07, 6.45) is 3.93. The number of para-hydroxylation sites is 1. The van der Waals surface area contributed by atoms with Crippen LogP contribution in [0.25, 0.3) is 10.9 Å². The fourth-order valence-corrected chi connectivity index (χ4v) is 3.18. The lowest BCUT2D eigenvalue weighted by Gasteiger charge is -2.25. The summed E-state index contributed by atoms with van der Waals surface area (Å²) in [7, 11) is 0. The van der Waals surface area contributed by atoms with Gasteiger partial charge in [-0.3, -0.25) is 4.79 Å². The molecule has 1 fully saturated rings. The van der Waals surface area contributed by atoms with E-state index in [-0.39, 0.29) is 11.7 Å². The molecule has 1 aliphatic carbocycles. The minimum absolute atomic E-state index is 0.0233. The Balaban J connectivity index is 1.62. The van der Waals surface area contributed by atoms with Crippen LogP contribution in [-0.4, -0.2) is 22.7 Å². The largest absolute Gasteiger partial charge is 0.393 e. The molecule has 1 aromatic heterocycles. The van der Waals surface area contributed by atoms with Crippen LogP contribution in [0, 0.1) is 5.92 Å². The van der Waals surface area contributed by atoms with Gasteiger partial charge in [-0.2, -0.15) is 0 Å². The number of pyridine rings is 1. The van der Waals surface area contributed by atoms with Crippen molar-refractivity contribution in [1.82, 2.24) is 10.3 Å². The molecule has 0 spiro atoms. The van der Waals surface area contributed by atoms with Crippen molar-refractivity contribution in [1.29, 1.82) is 0 Å². The Kier molecular flexibility index (Phi) is 4.36. The van der Waals surface area contributed by atoms with Crippen LogP contribution in [0.1, 0.15) is 31.2 Å². The van der Waals surface area contributed by atoms with Crippen LogP contribution in [0.15, 0.2) is 35.1 Å². The summed E-state index contributed by atoms with van der Waals surface area (Å²) in [5.74, 6) is 0.522. The number of aromatic nitrogens is 1. The SMILES string of the molecule is O=c1[nH]c2ccccc2cc1CNCC1CCCC(O)C1. The molecule has 112 valence electrons. The van der Waals surface area contributed by atoms with Gasteiger partial charge >= 0.3 is 0 Å². The number of benzene rings is 1. The fourth-order valence-electron chi connectivity index (χ4n) is 3.18. The maximum absolute atomic E-state index is 12.0. The van der Waals surface area contributed by atoms with Crippen molar-refractivity contribution in [2.45, 2.75) is 38.3 Å². The highest BCUT2D eigenvalue weighted by Gasteiger charge is 2.19. The number of rotatable bonds is 4. The number of H-pyrrole nitrogens is 1. The van der Waals surface area contributed by atoms with Crippen LogP contribution in [0.5, 0.6) is 0 Å². The van der Waals surface area contributed by atoms with Crippen molar-refractivity contribution in [3.05, 3.63) is 46.2 Å². The van der Waals surface area contributed by atoms with E-state index < -0.39 is 0 Å². The van der Waals surface area contributed by atoms with Gasteiger partial charge in [0.15, 0.2) is 0 Å². The van der Waals surface area contributed by atoms with E-state index in [0.717, 1.165) is 48.7 Å². The normalized spacial score (nSPS) is 22.5. The van der Waals surface area contributed by atoms with E-state index in [0.29, 0.717) is 12.5 Å². The molecule has 0 amide bonds. The Morgan fingerprint density at radius 3 is 3.00 bits per heavy atom. The lowest BCUT2D eigenvalue weighted by atomic mass is 9.87. The third-order valence-electron chi connectivity index (χ3n) is 4.33. The van der Waals surface area contributed by atoms with E-state index in [2.05, 4.69) is 10.3 Å². The first-order valence-corrected chi connectivity index (χ1v) is 7.72. The Morgan fingerprint density at radius 2 is 2.14 bits per heavy atom. The summed E-state index contributed by atoms with van der Waals surface area (Å²) in [6.45, 7) is 1.44. The van der Waals surface area contributed by atoms with Gasteiger partial charge in [-0.15, -0.1) is 0 Å². The van der Waals surface area contributed by atoms with E-state index >= 15 is 0 Å². The highest BCUT2D eigenvalue weighted by Crippen LogP contribution is 2.23. The zero-order valence-electron chi connectivity index (χ0n) is 12.1. The van der Waals surface area contributed by atoms with Crippen LogP contribution in [-0.2, 0) is 6.54 Å². The molecule has 21 heavy (non-hydrogen) atoms. The summed E-state index contributed by atoms with van der Waals surface area (Å²) in [5, 5.41) is 14.1. The van der Waals surface area contributed by atoms with Crippen molar-refractivity contribution in [2.75, 3.05) is 6.54 Å². The zero-order chi connectivity index (χ0) is 14.7. The average Bonchev–Trinajstić information content (AvgIpc) is 2.48. The standard InChI is InChI=1S/C17H22N2O2/c20-15-6-3-4-12(8-15)10-18-11-14-9-13-5-1-2-7-16(13)19-17(14)21/h1-2,5,7,9,12,15,18,20H,3-4,6,8,10-11H2,(H,19,21). The monoisotopic (exact) mass is 286 g/mol. The van der Waals surface area contributed by atoms with Gasteiger partial charge < -0.3 is 15.4 Å². The summed E-state index contributed by atoms with van der Waals surface area (Å²) < 4.78 is 0. The fraction of sp³-hybridized carbons (Fsp3) is 0.471. The second-order valence-electron chi connectivity index (χ2n) is 6.03. The predicted octanol–water partition coefficient (Wildman–Crippen LogP) is 2.17. The molecule has 4 nitrogen and oxygen atoms in total. The van der Waals surface area contributed by atoms with Gasteiger partial charge in [0.1, 0.15) is 0 Å². The maximum Gasteiger partial charge on any atom is 0.252 e. The Morgan fingerprint density at radius 1 is 1.29 bits per heavy atom. The topological polar surface area (TPSA) is 65.1 Å². The minimum Gasteiger partial charge on any atom is -0.393 e. The Hall–Kier alpha value is -1.65. The maximum atomic E-state index is 12.0. The summed E-state index contributed by atoms with van der Waals surface area (Å²) >= 11 is 0. The van der Waals surface area contributed by atoms with Gasteiger partial charge in [0, 0.05) is 17.6 Å². The molecule has 0 aliphatic heterocycles. The molecule has 0 radical (unpaired) electrons. The summed E-state index contributed by atoms with van der Waals surface area (Å²) in [4.78, 5) is 15.0. The number of fused-ring (bicyclic) bond motifs is 1. The van der Waals surface area contributed by atoms with E-state index in [4.69, 9.17) is 0 Å². The molecule has 3 N–H and O–H groups in total.